The molecule has 0 saturated heterocycles. The van der Waals surface area contributed by atoms with E-state index in [2.05, 4.69) is 5.10 Å². The summed E-state index contributed by atoms with van der Waals surface area (Å²) in [4.78, 5) is 0. The fraction of sp³-hybridized carbons (Fsp3) is 0.0625. The first-order chi connectivity index (χ1) is 10.1. The van der Waals surface area contributed by atoms with Crippen LogP contribution in [0.5, 0.6) is 0 Å². The van der Waals surface area contributed by atoms with Gasteiger partial charge < -0.3 is 5.73 Å². The van der Waals surface area contributed by atoms with Crippen LogP contribution in [0.4, 0.5) is 5.82 Å². The number of hydrogen-bond acceptors (Lipinski definition) is 2. The van der Waals surface area contributed by atoms with Crippen LogP contribution in [0.1, 0.15) is 5.69 Å². The molecular formula is C16H13Cl2N3. The van der Waals surface area contributed by atoms with E-state index in [1.165, 1.54) is 0 Å². The van der Waals surface area contributed by atoms with Crippen LogP contribution in [-0.4, -0.2) is 9.78 Å². The number of aryl methyl sites for hydroxylation is 1. The van der Waals surface area contributed by atoms with Gasteiger partial charge in [0.25, 0.3) is 0 Å². The number of halogens is 2. The highest BCUT2D eigenvalue weighted by Gasteiger charge is 2.15. The van der Waals surface area contributed by atoms with Crippen LogP contribution < -0.4 is 5.73 Å². The Balaban J connectivity index is 2.16. The monoisotopic (exact) mass is 317 g/mol. The summed E-state index contributed by atoms with van der Waals surface area (Å²) in [6, 6.07) is 15.3. The van der Waals surface area contributed by atoms with Crippen molar-refractivity contribution in [3.05, 3.63) is 64.3 Å². The van der Waals surface area contributed by atoms with Crippen molar-refractivity contribution in [3.8, 4) is 16.8 Å². The maximum Gasteiger partial charge on any atom is 0.135 e. The standard InChI is InChI=1S/C16H13Cl2N3/c1-10-15(11-5-3-2-4-6-11)16(19)21(20-10)12-7-8-13(17)14(18)9-12/h2-9H,19H2,1H3. The Bertz CT molecular complexity index is 795. The number of nitrogens with two attached hydrogens (primary N) is 1. The van der Waals surface area contributed by atoms with E-state index < -0.39 is 0 Å². The number of nitrogen functional groups attached to an aromatic ring is 1. The van der Waals surface area contributed by atoms with E-state index in [0.717, 1.165) is 22.5 Å². The summed E-state index contributed by atoms with van der Waals surface area (Å²) in [5.74, 6) is 0.581. The predicted molar refractivity (Wildman–Crippen MR) is 88.2 cm³/mol. The predicted octanol–water partition coefficient (Wildman–Crippen LogP) is 4.74. The molecule has 0 saturated carbocycles. The van der Waals surface area contributed by atoms with Crippen molar-refractivity contribution in [1.82, 2.24) is 9.78 Å². The van der Waals surface area contributed by atoms with Gasteiger partial charge in [0.1, 0.15) is 5.82 Å². The highest BCUT2D eigenvalue weighted by atomic mass is 35.5. The molecule has 0 amide bonds. The molecule has 0 unspecified atom stereocenters. The number of benzene rings is 2. The van der Waals surface area contributed by atoms with Gasteiger partial charge in [0, 0.05) is 5.56 Å². The van der Waals surface area contributed by atoms with Gasteiger partial charge in [0.15, 0.2) is 0 Å². The maximum absolute atomic E-state index is 6.28. The molecule has 0 aliphatic carbocycles. The first kappa shape index (κ1) is 14.0. The first-order valence-corrected chi connectivity index (χ1v) is 7.19. The molecule has 0 aliphatic rings. The van der Waals surface area contributed by atoms with Crippen molar-refractivity contribution in [2.24, 2.45) is 0 Å². The zero-order valence-corrected chi connectivity index (χ0v) is 12.9. The minimum absolute atomic E-state index is 0.475. The number of rotatable bonds is 2. The molecule has 1 aromatic heterocycles. The highest BCUT2D eigenvalue weighted by Crippen LogP contribution is 2.32. The quantitative estimate of drug-likeness (QED) is 0.742. The molecule has 0 atom stereocenters. The van der Waals surface area contributed by atoms with Crippen LogP contribution in [0.25, 0.3) is 16.8 Å². The number of nitrogens with zero attached hydrogens (tertiary/aromatic N) is 2. The van der Waals surface area contributed by atoms with Crippen molar-refractivity contribution in [1.29, 1.82) is 0 Å². The Labute approximate surface area is 132 Å². The van der Waals surface area contributed by atoms with Gasteiger partial charge in [-0.2, -0.15) is 5.10 Å². The third-order valence-corrected chi connectivity index (χ3v) is 4.05. The lowest BCUT2D eigenvalue weighted by molar-refractivity contribution is 0.872. The molecule has 0 aliphatic heterocycles. The van der Waals surface area contributed by atoms with Gasteiger partial charge in [0.2, 0.25) is 0 Å². The molecule has 0 fully saturated rings. The highest BCUT2D eigenvalue weighted by molar-refractivity contribution is 6.42. The molecular weight excluding hydrogens is 305 g/mol. The summed E-state index contributed by atoms with van der Waals surface area (Å²) in [7, 11) is 0. The summed E-state index contributed by atoms with van der Waals surface area (Å²) in [5, 5.41) is 5.50. The van der Waals surface area contributed by atoms with E-state index in [9.17, 15) is 0 Å². The van der Waals surface area contributed by atoms with Crippen LogP contribution in [0, 0.1) is 6.92 Å². The Kier molecular flexibility index (Phi) is 3.62. The Morgan fingerprint density at radius 3 is 2.38 bits per heavy atom. The molecule has 1 heterocycles. The molecule has 106 valence electrons. The summed E-state index contributed by atoms with van der Waals surface area (Å²) in [5.41, 5.74) is 9.90. The maximum atomic E-state index is 6.28. The zero-order valence-electron chi connectivity index (χ0n) is 11.3. The summed E-state index contributed by atoms with van der Waals surface area (Å²) in [6.07, 6.45) is 0. The van der Waals surface area contributed by atoms with Crippen LogP contribution in [-0.2, 0) is 0 Å². The van der Waals surface area contributed by atoms with E-state index >= 15 is 0 Å². The minimum Gasteiger partial charge on any atom is -0.383 e. The Morgan fingerprint density at radius 1 is 1.00 bits per heavy atom. The topological polar surface area (TPSA) is 43.8 Å². The van der Waals surface area contributed by atoms with E-state index in [0.29, 0.717) is 15.9 Å². The third kappa shape index (κ3) is 2.50. The number of aromatic nitrogens is 2. The Morgan fingerprint density at radius 2 is 1.71 bits per heavy atom. The molecule has 2 aromatic carbocycles. The van der Waals surface area contributed by atoms with Crippen molar-refractivity contribution >= 4 is 29.0 Å². The molecule has 0 bridgehead atoms. The largest absolute Gasteiger partial charge is 0.383 e. The second-order valence-electron chi connectivity index (χ2n) is 4.72. The van der Waals surface area contributed by atoms with E-state index in [-0.39, 0.29) is 0 Å². The molecule has 0 radical (unpaired) electrons. The lowest BCUT2D eigenvalue weighted by atomic mass is 10.1. The molecule has 5 heteroatoms. The van der Waals surface area contributed by atoms with Crippen LogP contribution in [0.15, 0.2) is 48.5 Å². The van der Waals surface area contributed by atoms with Gasteiger partial charge in [-0.3, -0.25) is 0 Å². The number of anilines is 1. The lowest BCUT2D eigenvalue weighted by Crippen LogP contribution is -2.02. The smallest absolute Gasteiger partial charge is 0.135 e. The molecule has 3 nitrogen and oxygen atoms in total. The van der Waals surface area contributed by atoms with Crippen molar-refractivity contribution in [3.63, 3.8) is 0 Å². The average Bonchev–Trinajstić information content (AvgIpc) is 2.78. The number of hydrogen-bond donors (Lipinski definition) is 1. The van der Waals surface area contributed by atoms with Crippen molar-refractivity contribution in [2.45, 2.75) is 6.92 Å². The molecule has 3 rings (SSSR count). The van der Waals surface area contributed by atoms with E-state index in [1.807, 2.05) is 43.3 Å². The average molecular weight is 318 g/mol. The fourth-order valence-electron chi connectivity index (χ4n) is 2.32. The van der Waals surface area contributed by atoms with Gasteiger partial charge in [-0.1, -0.05) is 53.5 Å². The second-order valence-corrected chi connectivity index (χ2v) is 5.54. The van der Waals surface area contributed by atoms with Gasteiger partial charge in [-0.15, -0.1) is 0 Å². The van der Waals surface area contributed by atoms with Gasteiger partial charge in [0.05, 0.1) is 21.4 Å². The van der Waals surface area contributed by atoms with Crippen LogP contribution in [0.2, 0.25) is 10.0 Å². The van der Waals surface area contributed by atoms with E-state index in [4.69, 9.17) is 28.9 Å². The normalized spacial score (nSPS) is 10.8. The molecule has 0 spiro atoms. The summed E-state index contributed by atoms with van der Waals surface area (Å²) < 4.78 is 1.68. The van der Waals surface area contributed by atoms with Gasteiger partial charge >= 0.3 is 0 Å². The Hall–Kier alpha value is -1.97. The fourth-order valence-corrected chi connectivity index (χ4v) is 2.61. The molecule has 21 heavy (non-hydrogen) atoms. The zero-order chi connectivity index (χ0) is 15.0. The van der Waals surface area contributed by atoms with Crippen LogP contribution >= 0.6 is 23.2 Å². The van der Waals surface area contributed by atoms with E-state index in [1.54, 1.807) is 16.8 Å². The first-order valence-electron chi connectivity index (χ1n) is 6.44. The summed E-state index contributed by atoms with van der Waals surface area (Å²) >= 11 is 12.0. The minimum atomic E-state index is 0.475. The third-order valence-electron chi connectivity index (χ3n) is 3.31. The summed E-state index contributed by atoms with van der Waals surface area (Å²) in [6.45, 7) is 1.94. The van der Waals surface area contributed by atoms with Gasteiger partial charge in [-0.05, 0) is 30.7 Å². The van der Waals surface area contributed by atoms with Crippen molar-refractivity contribution in [2.75, 3.05) is 5.73 Å². The van der Waals surface area contributed by atoms with Gasteiger partial charge in [-0.25, -0.2) is 4.68 Å². The molecule has 2 N–H and O–H groups in total. The molecule has 3 aromatic rings. The lowest BCUT2D eigenvalue weighted by Gasteiger charge is -2.06. The SMILES string of the molecule is Cc1nn(-c2ccc(Cl)c(Cl)c2)c(N)c1-c1ccccc1. The second kappa shape index (κ2) is 5.43. The van der Waals surface area contributed by atoms with Crippen LogP contribution in [0.3, 0.4) is 0 Å². The van der Waals surface area contributed by atoms with Crippen molar-refractivity contribution < 1.29 is 0 Å².